The Labute approximate surface area is 126 Å². The highest BCUT2D eigenvalue weighted by atomic mass is 16.5. The molecule has 9 N–H and O–H groups in total. The third-order valence-electron chi connectivity index (χ3n) is 2.23. The molecule has 0 aromatic heterocycles. The number of aliphatic hydroxyl groups excluding tert-OH is 7. The molecule has 0 aromatic carbocycles. The molecule has 0 amide bonds. The largest absolute Gasteiger partial charge is 0.462 e. The number of rotatable bonds is 9. The molecular weight excluding hydrogens is 306 g/mol. The minimum absolute atomic E-state index is 0.0258. The summed E-state index contributed by atoms with van der Waals surface area (Å²) >= 11 is 0. The molecule has 0 saturated carbocycles. The van der Waals surface area contributed by atoms with E-state index in [1.165, 1.54) is 0 Å². The van der Waals surface area contributed by atoms with Crippen LogP contribution in [0, 0.1) is 0 Å². The van der Waals surface area contributed by atoms with Crippen molar-refractivity contribution in [1.82, 2.24) is 0 Å². The van der Waals surface area contributed by atoms with Crippen LogP contribution in [0.2, 0.25) is 0 Å². The highest BCUT2D eigenvalue weighted by Gasteiger charge is 2.29. The molecule has 0 bridgehead atoms. The van der Waals surface area contributed by atoms with E-state index in [4.69, 9.17) is 41.5 Å². The molecule has 0 heterocycles. The summed E-state index contributed by atoms with van der Waals surface area (Å²) in [7, 11) is 0. The maximum absolute atomic E-state index is 10.3. The van der Waals surface area contributed by atoms with Gasteiger partial charge in [-0.3, -0.25) is 4.79 Å². The van der Waals surface area contributed by atoms with Crippen LogP contribution in [0.15, 0.2) is 0 Å². The zero-order valence-corrected chi connectivity index (χ0v) is 11.7. The molecular formula is C11H23NO10. The Morgan fingerprint density at radius 2 is 1.59 bits per heavy atom. The highest BCUT2D eigenvalue weighted by Crippen LogP contribution is 2.02. The van der Waals surface area contributed by atoms with Crippen LogP contribution in [0.5, 0.6) is 0 Å². The van der Waals surface area contributed by atoms with Crippen molar-refractivity contribution in [2.75, 3.05) is 26.4 Å². The molecule has 0 fully saturated rings. The molecule has 0 aliphatic carbocycles. The summed E-state index contributed by atoms with van der Waals surface area (Å²) in [6.45, 7) is -1.59. The van der Waals surface area contributed by atoms with E-state index in [-0.39, 0.29) is 19.4 Å². The van der Waals surface area contributed by atoms with Gasteiger partial charge in [0.2, 0.25) is 0 Å². The summed E-state index contributed by atoms with van der Waals surface area (Å²) in [5.41, 5.74) is 4.88. The average Bonchev–Trinajstić information content (AvgIpc) is 2.56. The third kappa shape index (κ3) is 10.5. The number of hydrogen-bond acceptors (Lipinski definition) is 11. The Kier molecular flexibility index (Phi) is 14.1. The molecule has 0 aliphatic rings. The molecule has 11 heteroatoms. The number of esters is 1. The fraction of sp³-hybridized carbons (Fsp3) is 0.818. The van der Waals surface area contributed by atoms with Gasteiger partial charge in [-0.1, -0.05) is 0 Å². The summed E-state index contributed by atoms with van der Waals surface area (Å²) in [6.07, 6.45) is -7.84. The van der Waals surface area contributed by atoms with E-state index in [2.05, 4.69) is 4.74 Å². The van der Waals surface area contributed by atoms with Crippen molar-refractivity contribution in [3.63, 3.8) is 0 Å². The number of aldehydes is 1. The minimum atomic E-state index is -1.79. The third-order valence-corrected chi connectivity index (χ3v) is 2.23. The van der Waals surface area contributed by atoms with Gasteiger partial charge in [0.05, 0.1) is 19.8 Å². The maximum atomic E-state index is 10.3. The van der Waals surface area contributed by atoms with Crippen molar-refractivity contribution in [2.24, 2.45) is 5.73 Å². The lowest BCUT2D eigenvalue weighted by molar-refractivity contribution is -0.145. The number of aliphatic hydroxyl groups is 7. The molecule has 11 nitrogen and oxygen atoms in total. The molecule has 5 unspecified atom stereocenters. The smallest absolute Gasteiger partial charge is 0.319 e. The molecule has 0 aromatic rings. The van der Waals surface area contributed by atoms with Gasteiger partial charge in [0.1, 0.15) is 37.1 Å². The molecule has 0 aliphatic heterocycles. The van der Waals surface area contributed by atoms with Crippen molar-refractivity contribution >= 4 is 12.3 Å². The Bertz CT molecular complexity index is 303. The van der Waals surface area contributed by atoms with Gasteiger partial charge in [0.25, 0.3) is 0 Å². The summed E-state index contributed by atoms with van der Waals surface area (Å²) in [5.74, 6) is -0.590. The zero-order valence-electron chi connectivity index (χ0n) is 11.7. The Morgan fingerprint density at radius 1 is 1.05 bits per heavy atom. The summed E-state index contributed by atoms with van der Waals surface area (Å²) in [6, 6.07) is 0. The van der Waals surface area contributed by atoms with Crippen molar-refractivity contribution in [2.45, 2.75) is 30.5 Å². The standard InChI is InChI=1S/C6H12O6.C5H11NO4/c7-1-3(9)5(11)6(12)4(10)2-8;6-1-5(9)10-3-4(8)2-7/h1,3-6,8-12H,2H2;4,7-8H,1-3,6H2. The number of nitrogens with two attached hydrogens (primary N) is 1. The fourth-order valence-electron chi connectivity index (χ4n) is 0.919. The van der Waals surface area contributed by atoms with Gasteiger partial charge in [-0.15, -0.1) is 0 Å². The Hall–Kier alpha value is -1.18. The van der Waals surface area contributed by atoms with Crippen LogP contribution in [0.4, 0.5) is 0 Å². The van der Waals surface area contributed by atoms with Gasteiger partial charge < -0.3 is 51.0 Å². The van der Waals surface area contributed by atoms with Crippen molar-refractivity contribution in [3.05, 3.63) is 0 Å². The van der Waals surface area contributed by atoms with Gasteiger partial charge in [0.15, 0.2) is 6.29 Å². The number of hydrogen-bond donors (Lipinski definition) is 8. The summed E-state index contributed by atoms with van der Waals surface area (Å²) in [4.78, 5) is 20.2. The van der Waals surface area contributed by atoms with Crippen LogP contribution in [-0.2, 0) is 14.3 Å². The van der Waals surface area contributed by atoms with Gasteiger partial charge in [-0.25, -0.2) is 0 Å². The summed E-state index contributed by atoms with van der Waals surface area (Å²) in [5, 5.41) is 60.4. The molecule has 132 valence electrons. The first-order chi connectivity index (χ1) is 10.2. The van der Waals surface area contributed by atoms with Crippen molar-refractivity contribution in [1.29, 1.82) is 0 Å². The molecule has 0 saturated heterocycles. The van der Waals surface area contributed by atoms with E-state index in [1.807, 2.05) is 0 Å². The summed E-state index contributed by atoms with van der Waals surface area (Å²) < 4.78 is 4.37. The SMILES string of the molecule is NCC(=O)OCC(O)CO.O=CC(O)C(O)C(O)C(O)CO. The first kappa shape index (κ1) is 23.1. The normalized spacial score (nSPS) is 17.3. The van der Waals surface area contributed by atoms with Gasteiger partial charge in [-0.2, -0.15) is 0 Å². The number of ether oxygens (including phenoxy) is 1. The van der Waals surface area contributed by atoms with Crippen LogP contribution in [0.1, 0.15) is 0 Å². The van der Waals surface area contributed by atoms with Crippen molar-refractivity contribution in [3.8, 4) is 0 Å². The maximum Gasteiger partial charge on any atom is 0.319 e. The highest BCUT2D eigenvalue weighted by molar-refractivity contribution is 5.71. The monoisotopic (exact) mass is 329 g/mol. The predicted octanol–water partition coefficient (Wildman–Crippen LogP) is -5.54. The molecule has 0 spiro atoms. The zero-order chi connectivity index (χ0) is 17.7. The topological polar surface area (TPSA) is 211 Å². The second-order valence-electron chi connectivity index (χ2n) is 4.08. The second kappa shape index (κ2) is 13.5. The van der Waals surface area contributed by atoms with E-state index in [9.17, 15) is 9.59 Å². The van der Waals surface area contributed by atoms with Crippen LogP contribution in [-0.4, -0.2) is 105 Å². The van der Waals surface area contributed by atoms with E-state index in [0.717, 1.165) is 0 Å². The number of carbonyl (C=O) groups is 2. The molecule has 22 heavy (non-hydrogen) atoms. The Balaban J connectivity index is 0. The van der Waals surface area contributed by atoms with Gasteiger partial charge in [-0.05, 0) is 0 Å². The lowest BCUT2D eigenvalue weighted by Crippen LogP contribution is -2.46. The first-order valence-electron chi connectivity index (χ1n) is 6.18. The van der Waals surface area contributed by atoms with E-state index in [0.29, 0.717) is 0 Å². The minimum Gasteiger partial charge on any atom is -0.462 e. The quantitative estimate of drug-likeness (QED) is 0.147. The van der Waals surface area contributed by atoms with Crippen LogP contribution < -0.4 is 5.73 Å². The van der Waals surface area contributed by atoms with Crippen molar-refractivity contribution < 1.29 is 50.1 Å². The fourth-order valence-corrected chi connectivity index (χ4v) is 0.919. The number of carbonyl (C=O) groups excluding carboxylic acids is 2. The molecule has 0 rings (SSSR count). The first-order valence-corrected chi connectivity index (χ1v) is 6.18. The van der Waals surface area contributed by atoms with Crippen LogP contribution in [0.3, 0.4) is 0 Å². The predicted molar refractivity (Wildman–Crippen MR) is 70.3 cm³/mol. The second-order valence-corrected chi connectivity index (χ2v) is 4.08. The van der Waals surface area contributed by atoms with E-state index < -0.39 is 49.7 Å². The van der Waals surface area contributed by atoms with E-state index in [1.54, 1.807) is 0 Å². The lowest BCUT2D eigenvalue weighted by atomic mass is 10.0. The molecule has 5 atom stereocenters. The van der Waals surface area contributed by atoms with Gasteiger partial charge in [0, 0.05) is 0 Å². The van der Waals surface area contributed by atoms with Crippen LogP contribution >= 0.6 is 0 Å². The lowest BCUT2D eigenvalue weighted by Gasteiger charge is -2.22. The van der Waals surface area contributed by atoms with E-state index >= 15 is 0 Å². The molecule has 0 radical (unpaired) electrons. The average molecular weight is 329 g/mol. The van der Waals surface area contributed by atoms with Crippen LogP contribution in [0.25, 0.3) is 0 Å². The Morgan fingerprint density at radius 3 is 1.95 bits per heavy atom. The van der Waals surface area contributed by atoms with Gasteiger partial charge >= 0.3 is 5.97 Å².